The number of carbonyl (C=O) groups is 2. The fourth-order valence-electron chi connectivity index (χ4n) is 2.35. The molecule has 0 fully saturated rings. The molecule has 0 spiro atoms. The maximum absolute atomic E-state index is 12.3. The molecule has 0 saturated heterocycles. The van der Waals surface area contributed by atoms with Gasteiger partial charge in [0.25, 0.3) is 11.8 Å². The number of rotatable bonds is 5. The van der Waals surface area contributed by atoms with Crippen molar-refractivity contribution in [3.63, 3.8) is 0 Å². The molecule has 2 aromatic rings. The molecule has 0 aliphatic heterocycles. The maximum Gasteiger partial charge on any atom is 0.255 e. The number of benzene rings is 2. The minimum Gasteiger partial charge on any atom is -0.493 e. The summed E-state index contributed by atoms with van der Waals surface area (Å²) in [7, 11) is 4.55. The highest BCUT2D eigenvalue weighted by atomic mass is 16.5. The third kappa shape index (κ3) is 4.33. The second kappa shape index (κ2) is 9.14. The molecule has 0 aliphatic carbocycles. The van der Waals surface area contributed by atoms with Crippen molar-refractivity contribution in [3.8, 4) is 23.3 Å². The zero-order chi connectivity index (χ0) is 18.9. The quantitative estimate of drug-likeness (QED) is 0.805. The highest BCUT2D eigenvalue weighted by molar-refractivity contribution is 5.98. The van der Waals surface area contributed by atoms with E-state index >= 15 is 0 Å². The molecular formula is C20H20N2O4. The van der Waals surface area contributed by atoms with Crippen LogP contribution in [-0.2, 0) is 0 Å². The zero-order valence-electron chi connectivity index (χ0n) is 14.9. The molecule has 6 nitrogen and oxygen atoms in total. The average molecular weight is 352 g/mol. The molecule has 0 heterocycles. The van der Waals surface area contributed by atoms with E-state index in [0.717, 1.165) is 0 Å². The van der Waals surface area contributed by atoms with Crippen LogP contribution in [0.3, 0.4) is 0 Å². The normalized spacial score (nSPS) is 9.50. The molecule has 2 amide bonds. The Morgan fingerprint density at radius 2 is 1.69 bits per heavy atom. The number of methoxy groups -OCH3 is 2. The monoisotopic (exact) mass is 352 g/mol. The van der Waals surface area contributed by atoms with Crippen LogP contribution < -0.4 is 20.1 Å². The summed E-state index contributed by atoms with van der Waals surface area (Å²) in [4.78, 5) is 24.2. The van der Waals surface area contributed by atoms with Crippen molar-refractivity contribution in [2.45, 2.75) is 0 Å². The summed E-state index contributed by atoms with van der Waals surface area (Å²) < 4.78 is 10.4. The Labute approximate surface area is 152 Å². The molecule has 0 bridgehead atoms. The third-order valence-corrected chi connectivity index (χ3v) is 3.61. The van der Waals surface area contributed by atoms with Crippen molar-refractivity contribution in [2.24, 2.45) is 0 Å². The first-order valence-corrected chi connectivity index (χ1v) is 7.91. The SMILES string of the molecule is CNC(=O)c1ccccc1C#CCNC(=O)c1cccc(OC)c1OC. The highest BCUT2D eigenvalue weighted by Gasteiger charge is 2.15. The van der Waals surface area contributed by atoms with Gasteiger partial charge in [0.1, 0.15) is 0 Å². The van der Waals surface area contributed by atoms with Crippen LogP contribution in [0, 0.1) is 11.8 Å². The van der Waals surface area contributed by atoms with Gasteiger partial charge in [0.2, 0.25) is 0 Å². The molecule has 0 unspecified atom stereocenters. The van der Waals surface area contributed by atoms with Crippen molar-refractivity contribution < 1.29 is 19.1 Å². The second-order valence-corrected chi connectivity index (χ2v) is 5.15. The molecular weight excluding hydrogens is 332 g/mol. The van der Waals surface area contributed by atoms with E-state index in [1.165, 1.54) is 14.2 Å². The summed E-state index contributed by atoms with van der Waals surface area (Å²) in [5, 5.41) is 5.28. The Bertz CT molecular complexity index is 866. The molecule has 26 heavy (non-hydrogen) atoms. The first kappa shape index (κ1) is 18.9. The largest absolute Gasteiger partial charge is 0.493 e. The Balaban J connectivity index is 2.10. The summed E-state index contributed by atoms with van der Waals surface area (Å²) in [6.07, 6.45) is 0. The molecule has 6 heteroatoms. The van der Waals surface area contributed by atoms with Crippen LogP contribution in [-0.4, -0.2) is 39.6 Å². The average Bonchev–Trinajstić information content (AvgIpc) is 2.69. The van der Waals surface area contributed by atoms with Crippen LogP contribution in [0.1, 0.15) is 26.3 Å². The lowest BCUT2D eigenvalue weighted by atomic mass is 10.1. The molecule has 134 valence electrons. The second-order valence-electron chi connectivity index (χ2n) is 5.15. The van der Waals surface area contributed by atoms with Crippen LogP contribution in [0.2, 0.25) is 0 Å². The van der Waals surface area contributed by atoms with Gasteiger partial charge >= 0.3 is 0 Å². The molecule has 0 saturated carbocycles. The van der Waals surface area contributed by atoms with Crippen LogP contribution in [0.15, 0.2) is 42.5 Å². The van der Waals surface area contributed by atoms with Gasteiger partial charge in [0.05, 0.1) is 31.9 Å². The predicted molar refractivity (Wildman–Crippen MR) is 98.6 cm³/mol. The number of para-hydroxylation sites is 1. The minimum atomic E-state index is -0.324. The van der Waals surface area contributed by atoms with Gasteiger partial charge in [-0.3, -0.25) is 9.59 Å². The Hall–Kier alpha value is -3.46. The van der Waals surface area contributed by atoms with Crippen molar-refractivity contribution in [1.82, 2.24) is 10.6 Å². The van der Waals surface area contributed by atoms with Gasteiger partial charge in [-0.1, -0.05) is 30.0 Å². The molecule has 0 aromatic heterocycles. The fourth-order valence-corrected chi connectivity index (χ4v) is 2.35. The maximum atomic E-state index is 12.3. The van der Waals surface area contributed by atoms with E-state index in [-0.39, 0.29) is 18.4 Å². The molecule has 2 aromatic carbocycles. The molecule has 2 rings (SSSR count). The fraction of sp³-hybridized carbons (Fsp3) is 0.200. The number of ether oxygens (including phenoxy) is 2. The van der Waals surface area contributed by atoms with E-state index in [1.54, 1.807) is 49.5 Å². The van der Waals surface area contributed by atoms with E-state index in [1.807, 2.05) is 0 Å². The molecule has 0 aliphatic rings. The van der Waals surface area contributed by atoms with Gasteiger partial charge in [-0.25, -0.2) is 0 Å². The van der Waals surface area contributed by atoms with E-state index in [9.17, 15) is 9.59 Å². The molecule has 0 atom stereocenters. The lowest BCUT2D eigenvalue weighted by molar-refractivity contribution is 0.0949. The van der Waals surface area contributed by atoms with Gasteiger partial charge in [0, 0.05) is 12.6 Å². The first-order chi connectivity index (χ1) is 12.6. The highest BCUT2D eigenvalue weighted by Crippen LogP contribution is 2.30. The van der Waals surface area contributed by atoms with Crippen LogP contribution in [0.25, 0.3) is 0 Å². The summed E-state index contributed by atoms with van der Waals surface area (Å²) in [6, 6.07) is 12.1. The van der Waals surface area contributed by atoms with E-state index in [2.05, 4.69) is 22.5 Å². The van der Waals surface area contributed by atoms with Gasteiger partial charge < -0.3 is 20.1 Å². The molecule has 0 radical (unpaired) electrons. The van der Waals surface area contributed by atoms with Gasteiger partial charge in [-0.05, 0) is 24.3 Å². The molecule has 2 N–H and O–H groups in total. The lowest BCUT2D eigenvalue weighted by Gasteiger charge is -2.11. The standard InChI is InChI=1S/C20H20N2O4/c1-21-19(23)15-10-5-4-8-14(15)9-7-13-22-20(24)16-11-6-12-17(25-2)18(16)26-3/h4-6,8,10-12H,13H2,1-3H3,(H,21,23)(H,22,24). The van der Waals surface area contributed by atoms with Crippen molar-refractivity contribution in [3.05, 3.63) is 59.2 Å². The van der Waals surface area contributed by atoms with E-state index in [4.69, 9.17) is 9.47 Å². The summed E-state index contributed by atoms with van der Waals surface area (Å²) in [6.45, 7) is 0.126. The van der Waals surface area contributed by atoms with E-state index < -0.39 is 0 Å². The number of amides is 2. The van der Waals surface area contributed by atoms with Gasteiger partial charge in [-0.15, -0.1) is 0 Å². The summed E-state index contributed by atoms with van der Waals surface area (Å²) in [5.41, 5.74) is 1.45. The smallest absolute Gasteiger partial charge is 0.255 e. The first-order valence-electron chi connectivity index (χ1n) is 7.91. The number of carbonyl (C=O) groups excluding carboxylic acids is 2. The zero-order valence-corrected chi connectivity index (χ0v) is 14.9. The summed E-state index contributed by atoms with van der Waals surface area (Å²) in [5.74, 6) is 6.07. The van der Waals surface area contributed by atoms with Crippen LogP contribution >= 0.6 is 0 Å². The Kier molecular flexibility index (Phi) is 6.63. The lowest BCUT2D eigenvalue weighted by Crippen LogP contribution is -2.24. The van der Waals surface area contributed by atoms with Crippen LogP contribution in [0.5, 0.6) is 11.5 Å². The minimum absolute atomic E-state index is 0.126. The van der Waals surface area contributed by atoms with Crippen molar-refractivity contribution >= 4 is 11.8 Å². The topological polar surface area (TPSA) is 76.7 Å². The Morgan fingerprint density at radius 1 is 0.962 bits per heavy atom. The number of hydrogen-bond acceptors (Lipinski definition) is 4. The number of hydrogen-bond donors (Lipinski definition) is 2. The third-order valence-electron chi connectivity index (χ3n) is 3.61. The predicted octanol–water partition coefficient (Wildman–Crippen LogP) is 1.84. The van der Waals surface area contributed by atoms with Gasteiger partial charge in [-0.2, -0.15) is 0 Å². The number of nitrogens with one attached hydrogen (secondary N) is 2. The van der Waals surface area contributed by atoms with Crippen LogP contribution in [0.4, 0.5) is 0 Å². The van der Waals surface area contributed by atoms with E-state index in [0.29, 0.717) is 28.2 Å². The summed E-state index contributed by atoms with van der Waals surface area (Å²) >= 11 is 0. The van der Waals surface area contributed by atoms with Crippen molar-refractivity contribution in [2.75, 3.05) is 27.8 Å². The Morgan fingerprint density at radius 3 is 2.38 bits per heavy atom. The van der Waals surface area contributed by atoms with Gasteiger partial charge in [0.15, 0.2) is 11.5 Å². The van der Waals surface area contributed by atoms with Crippen molar-refractivity contribution in [1.29, 1.82) is 0 Å².